The highest BCUT2D eigenvalue weighted by atomic mass is 16.7. The summed E-state index contributed by atoms with van der Waals surface area (Å²) in [6.45, 7) is 2.24. The van der Waals surface area contributed by atoms with Crippen molar-refractivity contribution in [1.29, 1.82) is 0 Å². The summed E-state index contributed by atoms with van der Waals surface area (Å²) in [5, 5.41) is 12.6. The third-order valence-corrected chi connectivity index (χ3v) is 6.11. The number of rotatable bonds is 5. The number of aliphatic hydroxyl groups is 1. The molecule has 5 heteroatoms. The number of nitrogens with one attached hydrogen (secondary N) is 1. The fourth-order valence-electron chi connectivity index (χ4n) is 4.13. The molecule has 0 bridgehead atoms. The molecule has 2 N–H and O–H groups in total. The zero-order valence-corrected chi connectivity index (χ0v) is 16.8. The number of ether oxygens (including phenoxy) is 2. The Bertz CT molecular complexity index is 1130. The van der Waals surface area contributed by atoms with E-state index in [9.17, 15) is 9.90 Å². The van der Waals surface area contributed by atoms with E-state index in [4.69, 9.17) is 9.47 Å². The highest BCUT2D eigenvalue weighted by molar-refractivity contribution is 6.02. The zero-order valence-electron chi connectivity index (χ0n) is 16.8. The topological polar surface area (TPSA) is 67.8 Å². The van der Waals surface area contributed by atoms with Crippen LogP contribution in [0.3, 0.4) is 0 Å². The maximum absolute atomic E-state index is 13.3. The van der Waals surface area contributed by atoms with Crippen LogP contribution >= 0.6 is 0 Å². The summed E-state index contributed by atoms with van der Waals surface area (Å²) in [6, 6.07) is 19.5. The number of anilines is 1. The lowest BCUT2D eigenvalue weighted by Gasteiger charge is -2.19. The van der Waals surface area contributed by atoms with Crippen LogP contribution in [0.25, 0.3) is 11.1 Å². The summed E-state index contributed by atoms with van der Waals surface area (Å²) in [5.41, 5.74) is 5.18. The molecule has 1 aliphatic carbocycles. The number of fused-ring (bicyclic) bond motifs is 1. The van der Waals surface area contributed by atoms with Gasteiger partial charge in [0.2, 0.25) is 12.7 Å². The molecule has 3 aromatic rings. The molecule has 0 unspecified atom stereocenters. The molecule has 1 amide bonds. The van der Waals surface area contributed by atoms with Gasteiger partial charge in [-0.25, -0.2) is 0 Å². The minimum atomic E-state index is -0.514. The quantitative estimate of drug-likeness (QED) is 0.658. The van der Waals surface area contributed by atoms with Crippen LogP contribution in [0.4, 0.5) is 5.69 Å². The van der Waals surface area contributed by atoms with E-state index in [1.54, 1.807) is 0 Å². The van der Waals surface area contributed by atoms with E-state index in [0.29, 0.717) is 5.75 Å². The van der Waals surface area contributed by atoms with E-state index in [0.717, 1.165) is 52.1 Å². The van der Waals surface area contributed by atoms with Gasteiger partial charge in [0, 0.05) is 5.69 Å². The lowest BCUT2D eigenvalue weighted by Crippen LogP contribution is -2.28. The van der Waals surface area contributed by atoms with E-state index in [1.165, 1.54) is 0 Å². The van der Waals surface area contributed by atoms with Crippen LogP contribution in [0, 0.1) is 6.92 Å². The molecule has 152 valence electrons. The van der Waals surface area contributed by atoms with Gasteiger partial charge in [-0.15, -0.1) is 0 Å². The number of hydrogen-bond acceptors (Lipinski definition) is 4. The van der Waals surface area contributed by atoms with Crippen molar-refractivity contribution in [3.8, 4) is 22.6 Å². The Balaban J connectivity index is 1.43. The number of benzene rings is 3. The Labute approximate surface area is 175 Å². The maximum Gasteiger partial charge on any atom is 0.235 e. The van der Waals surface area contributed by atoms with Crippen molar-refractivity contribution in [3.63, 3.8) is 0 Å². The molecule has 30 heavy (non-hydrogen) atoms. The summed E-state index contributed by atoms with van der Waals surface area (Å²) in [5.74, 6) is 1.43. The van der Waals surface area contributed by atoms with Crippen molar-refractivity contribution in [1.82, 2.24) is 0 Å². The van der Waals surface area contributed by atoms with Crippen molar-refractivity contribution in [3.05, 3.63) is 77.4 Å². The number of hydrogen-bond donors (Lipinski definition) is 2. The monoisotopic (exact) mass is 401 g/mol. The predicted molar refractivity (Wildman–Crippen MR) is 115 cm³/mol. The van der Waals surface area contributed by atoms with Gasteiger partial charge < -0.3 is 19.9 Å². The Hall–Kier alpha value is -3.31. The van der Waals surface area contributed by atoms with Crippen molar-refractivity contribution < 1.29 is 19.4 Å². The Morgan fingerprint density at radius 3 is 2.63 bits per heavy atom. The number of amides is 1. The van der Waals surface area contributed by atoms with Crippen LogP contribution in [0.1, 0.15) is 29.5 Å². The van der Waals surface area contributed by atoms with Gasteiger partial charge in [0.05, 0.1) is 12.0 Å². The highest BCUT2D eigenvalue weighted by Gasteiger charge is 2.51. The first-order valence-electron chi connectivity index (χ1n) is 10.1. The van der Waals surface area contributed by atoms with Gasteiger partial charge in [-0.05, 0) is 71.8 Å². The molecule has 0 spiro atoms. The van der Waals surface area contributed by atoms with Gasteiger partial charge in [0.1, 0.15) is 0 Å². The summed E-state index contributed by atoms with van der Waals surface area (Å²) in [4.78, 5) is 13.3. The first kappa shape index (κ1) is 18.7. The van der Waals surface area contributed by atoms with E-state index in [-0.39, 0.29) is 19.3 Å². The molecule has 0 aromatic heterocycles. The van der Waals surface area contributed by atoms with E-state index in [1.807, 2.05) is 67.6 Å². The average molecular weight is 401 g/mol. The van der Waals surface area contributed by atoms with Crippen molar-refractivity contribution in [2.45, 2.75) is 31.8 Å². The molecule has 1 heterocycles. The molecule has 0 saturated heterocycles. The summed E-state index contributed by atoms with van der Waals surface area (Å²) < 4.78 is 10.9. The second-order valence-corrected chi connectivity index (χ2v) is 7.94. The number of carbonyl (C=O) groups is 1. The summed E-state index contributed by atoms with van der Waals surface area (Å²) in [7, 11) is 0. The summed E-state index contributed by atoms with van der Waals surface area (Å²) in [6.07, 6.45) is 1.63. The lowest BCUT2D eigenvalue weighted by molar-refractivity contribution is -0.118. The van der Waals surface area contributed by atoms with Gasteiger partial charge in [0.15, 0.2) is 11.5 Å². The molecular weight excluding hydrogens is 378 g/mol. The molecule has 5 rings (SSSR count). The standard InChI is InChI=1S/C25H23NO4/c1-16-20(18-5-2-4-17(12-18)14-27)6-3-7-21(16)26-24(28)25(10-11-25)19-8-9-22-23(13-19)30-15-29-22/h2-9,12-13,27H,10-11,14-15H2,1H3,(H,26,28). The third-order valence-electron chi connectivity index (χ3n) is 6.11. The molecule has 2 aliphatic rings. The molecule has 3 aromatic carbocycles. The maximum atomic E-state index is 13.3. The Kier molecular flexibility index (Phi) is 4.48. The van der Waals surface area contributed by atoms with Crippen LogP contribution in [0.2, 0.25) is 0 Å². The van der Waals surface area contributed by atoms with Crippen molar-refractivity contribution in [2.75, 3.05) is 12.1 Å². The normalized spacial score (nSPS) is 15.7. The van der Waals surface area contributed by atoms with E-state index in [2.05, 4.69) is 5.32 Å². The second kappa shape index (κ2) is 7.18. The van der Waals surface area contributed by atoms with Crippen LogP contribution in [0.5, 0.6) is 11.5 Å². The van der Waals surface area contributed by atoms with Gasteiger partial charge in [0.25, 0.3) is 0 Å². The molecule has 0 atom stereocenters. The van der Waals surface area contributed by atoms with Crippen LogP contribution in [0.15, 0.2) is 60.7 Å². The van der Waals surface area contributed by atoms with Gasteiger partial charge in [-0.3, -0.25) is 4.79 Å². The third kappa shape index (κ3) is 3.12. The fraction of sp³-hybridized carbons (Fsp3) is 0.240. The van der Waals surface area contributed by atoms with Gasteiger partial charge in [-0.2, -0.15) is 0 Å². The fourth-order valence-corrected chi connectivity index (χ4v) is 4.13. The Morgan fingerprint density at radius 1 is 1.03 bits per heavy atom. The SMILES string of the molecule is Cc1c(NC(=O)C2(c3ccc4c(c3)OCO4)CC2)cccc1-c1cccc(CO)c1. The van der Waals surface area contributed by atoms with Gasteiger partial charge >= 0.3 is 0 Å². The molecule has 0 radical (unpaired) electrons. The average Bonchev–Trinajstić information content (AvgIpc) is 3.46. The Morgan fingerprint density at radius 2 is 1.83 bits per heavy atom. The smallest absolute Gasteiger partial charge is 0.235 e. The molecule has 1 saturated carbocycles. The van der Waals surface area contributed by atoms with E-state index >= 15 is 0 Å². The second-order valence-electron chi connectivity index (χ2n) is 7.94. The van der Waals surface area contributed by atoms with E-state index < -0.39 is 5.41 Å². The predicted octanol–water partition coefficient (Wildman–Crippen LogP) is 4.55. The molecular formula is C25H23NO4. The van der Waals surface area contributed by atoms with Crippen molar-refractivity contribution in [2.24, 2.45) is 0 Å². The minimum absolute atomic E-state index is 0.00136. The van der Waals surface area contributed by atoms with Crippen LogP contribution < -0.4 is 14.8 Å². The number of carbonyl (C=O) groups excluding carboxylic acids is 1. The van der Waals surface area contributed by atoms with Crippen molar-refractivity contribution >= 4 is 11.6 Å². The summed E-state index contributed by atoms with van der Waals surface area (Å²) >= 11 is 0. The van der Waals surface area contributed by atoms with Crippen LogP contribution in [-0.4, -0.2) is 17.8 Å². The molecule has 1 fully saturated rings. The highest BCUT2D eigenvalue weighted by Crippen LogP contribution is 2.51. The molecule has 1 aliphatic heterocycles. The minimum Gasteiger partial charge on any atom is -0.454 e. The first-order chi connectivity index (χ1) is 14.6. The van der Waals surface area contributed by atoms with Gasteiger partial charge in [-0.1, -0.05) is 36.4 Å². The lowest BCUT2D eigenvalue weighted by atomic mass is 9.93. The molecule has 5 nitrogen and oxygen atoms in total. The number of aliphatic hydroxyl groups excluding tert-OH is 1. The largest absolute Gasteiger partial charge is 0.454 e. The zero-order chi connectivity index (χ0) is 20.7. The first-order valence-corrected chi connectivity index (χ1v) is 10.1. The van der Waals surface area contributed by atoms with Crippen LogP contribution in [-0.2, 0) is 16.8 Å².